The lowest BCUT2D eigenvalue weighted by Crippen LogP contribution is -2.59. The Kier molecular flexibility index (Phi) is 7.04. The zero-order chi connectivity index (χ0) is 18.7. The second-order valence-corrected chi connectivity index (χ2v) is 7.55. The van der Waals surface area contributed by atoms with Gasteiger partial charge in [-0.1, -0.05) is 27.2 Å². The molecule has 2 fully saturated rings. The SMILES string of the molecule is CC1CCC(C(C)C)C(OC(=O)O[C@H]2O[C@H](CO)[C@@H](O)[C@H](O)[C@H]2O)C1. The minimum absolute atomic E-state index is 0.235. The molecule has 8 nitrogen and oxygen atoms in total. The minimum atomic E-state index is -1.63. The smallest absolute Gasteiger partial charge is 0.431 e. The van der Waals surface area contributed by atoms with Crippen molar-refractivity contribution >= 4 is 6.16 Å². The van der Waals surface area contributed by atoms with Crippen molar-refractivity contribution in [3.05, 3.63) is 0 Å². The summed E-state index contributed by atoms with van der Waals surface area (Å²) in [5, 5.41) is 38.5. The molecule has 0 aromatic heterocycles. The number of aliphatic hydroxyl groups is 4. The molecule has 8 atom stereocenters. The first-order valence-corrected chi connectivity index (χ1v) is 8.92. The number of hydrogen-bond donors (Lipinski definition) is 4. The van der Waals surface area contributed by atoms with Crippen molar-refractivity contribution in [1.82, 2.24) is 0 Å². The van der Waals surface area contributed by atoms with Crippen molar-refractivity contribution in [3.8, 4) is 0 Å². The van der Waals surface area contributed by atoms with Gasteiger partial charge in [0, 0.05) is 0 Å². The molecule has 2 aliphatic rings. The van der Waals surface area contributed by atoms with Gasteiger partial charge in [-0.15, -0.1) is 0 Å². The molecule has 0 aromatic carbocycles. The molecular formula is C17H30O8. The number of rotatable bonds is 4. The van der Waals surface area contributed by atoms with Crippen molar-refractivity contribution < 1.29 is 39.4 Å². The maximum atomic E-state index is 12.1. The van der Waals surface area contributed by atoms with Gasteiger partial charge < -0.3 is 34.6 Å². The number of aliphatic hydroxyl groups excluding tert-OH is 4. The summed E-state index contributed by atoms with van der Waals surface area (Å²) in [7, 11) is 0. The molecule has 0 amide bonds. The number of hydrogen-bond acceptors (Lipinski definition) is 8. The van der Waals surface area contributed by atoms with E-state index in [2.05, 4.69) is 20.8 Å². The summed E-state index contributed by atoms with van der Waals surface area (Å²) in [6, 6.07) is 0. The van der Waals surface area contributed by atoms with Crippen molar-refractivity contribution in [2.24, 2.45) is 17.8 Å². The van der Waals surface area contributed by atoms with Gasteiger partial charge in [-0.3, -0.25) is 0 Å². The summed E-state index contributed by atoms with van der Waals surface area (Å²) in [6.07, 6.45) is -5.83. The standard InChI is InChI=1S/C17H30O8/c1-8(2)10-5-4-9(3)6-11(10)24-17(22)25-16-15(21)14(20)13(19)12(7-18)23-16/h8-16,18-21H,4-7H2,1-3H3/t9?,10?,11?,12-,13-,14+,15-,16-/m1/s1. The second-order valence-electron chi connectivity index (χ2n) is 7.55. The van der Waals surface area contributed by atoms with E-state index in [9.17, 15) is 20.1 Å². The Morgan fingerprint density at radius 3 is 2.40 bits per heavy atom. The van der Waals surface area contributed by atoms with Gasteiger partial charge in [-0.2, -0.15) is 0 Å². The van der Waals surface area contributed by atoms with E-state index in [1.54, 1.807) is 0 Å². The highest BCUT2D eigenvalue weighted by molar-refractivity contribution is 5.60. The highest BCUT2D eigenvalue weighted by Gasteiger charge is 2.46. The Morgan fingerprint density at radius 2 is 1.80 bits per heavy atom. The van der Waals surface area contributed by atoms with E-state index in [4.69, 9.17) is 19.3 Å². The van der Waals surface area contributed by atoms with E-state index in [-0.39, 0.29) is 12.0 Å². The Morgan fingerprint density at radius 1 is 1.12 bits per heavy atom. The van der Waals surface area contributed by atoms with Gasteiger partial charge in [0.05, 0.1) is 6.61 Å². The fraction of sp³-hybridized carbons (Fsp3) is 0.941. The van der Waals surface area contributed by atoms with Gasteiger partial charge in [-0.25, -0.2) is 4.79 Å². The maximum absolute atomic E-state index is 12.1. The molecule has 2 rings (SSSR count). The highest BCUT2D eigenvalue weighted by atomic mass is 16.8. The van der Waals surface area contributed by atoms with E-state index < -0.39 is 43.5 Å². The molecule has 0 bridgehead atoms. The molecule has 8 heteroatoms. The normalized spacial score (nSPS) is 42.2. The first-order chi connectivity index (χ1) is 11.7. The number of carbonyl (C=O) groups is 1. The van der Waals surface area contributed by atoms with E-state index >= 15 is 0 Å². The van der Waals surface area contributed by atoms with Gasteiger partial charge in [0.1, 0.15) is 30.5 Å². The molecule has 1 saturated heterocycles. The fourth-order valence-electron chi connectivity index (χ4n) is 3.66. The van der Waals surface area contributed by atoms with Gasteiger partial charge in [0.15, 0.2) is 0 Å². The van der Waals surface area contributed by atoms with Crippen LogP contribution in [0.25, 0.3) is 0 Å². The Hall–Kier alpha value is -0.930. The van der Waals surface area contributed by atoms with Crippen LogP contribution in [0, 0.1) is 17.8 Å². The molecule has 1 heterocycles. The monoisotopic (exact) mass is 362 g/mol. The van der Waals surface area contributed by atoms with Crippen molar-refractivity contribution in [2.75, 3.05) is 6.61 Å². The van der Waals surface area contributed by atoms with Crippen molar-refractivity contribution in [1.29, 1.82) is 0 Å². The predicted molar refractivity (Wildman–Crippen MR) is 86.5 cm³/mol. The second kappa shape index (κ2) is 8.64. The van der Waals surface area contributed by atoms with Crippen LogP contribution >= 0.6 is 0 Å². The molecule has 1 aliphatic heterocycles. The van der Waals surface area contributed by atoms with Gasteiger partial charge >= 0.3 is 6.16 Å². The quantitative estimate of drug-likeness (QED) is 0.530. The predicted octanol–water partition coefficient (Wildman–Crippen LogP) is 0.400. The molecule has 25 heavy (non-hydrogen) atoms. The van der Waals surface area contributed by atoms with Crippen LogP contribution in [-0.4, -0.2) is 70.0 Å². The van der Waals surface area contributed by atoms with Crippen LogP contribution in [0.4, 0.5) is 4.79 Å². The highest BCUT2D eigenvalue weighted by Crippen LogP contribution is 2.35. The number of ether oxygens (including phenoxy) is 3. The maximum Gasteiger partial charge on any atom is 0.510 e. The third-order valence-corrected chi connectivity index (χ3v) is 5.27. The average molecular weight is 362 g/mol. The summed E-state index contributed by atoms with van der Waals surface area (Å²) in [5.74, 6) is 1.04. The first kappa shape index (κ1) is 20.4. The van der Waals surface area contributed by atoms with Crippen LogP contribution in [0.5, 0.6) is 0 Å². The van der Waals surface area contributed by atoms with Crippen LogP contribution in [0.1, 0.15) is 40.0 Å². The van der Waals surface area contributed by atoms with Gasteiger partial charge in [0.25, 0.3) is 0 Å². The van der Waals surface area contributed by atoms with Crippen molar-refractivity contribution in [2.45, 2.75) is 76.8 Å². The van der Waals surface area contributed by atoms with Crippen LogP contribution in [-0.2, 0) is 14.2 Å². The molecule has 1 aliphatic carbocycles. The average Bonchev–Trinajstić information content (AvgIpc) is 2.55. The van der Waals surface area contributed by atoms with Gasteiger partial charge in [0.2, 0.25) is 6.29 Å². The van der Waals surface area contributed by atoms with Gasteiger partial charge in [-0.05, 0) is 30.6 Å². The van der Waals surface area contributed by atoms with Crippen LogP contribution in [0.2, 0.25) is 0 Å². The lowest BCUT2D eigenvalue weighted by molar-refractivity contribution is -0.290. The zero-order valence-corrected chi connectivity index (χ0v) is 14.9. The summed E-state index contributed by atoms with van der Waals surface area (Å²) < 4.78 is 15.6. The number of carbonyl (C=O) groups excluding carboxylic acids is 1. The summed E-state index contributed by atoms with van der Waals surface area (Å²) in [6.45, 7) is 5.69. The molecule has 146 valence electrons. The molecular weight excluding hydrogens is 332 g/mol. The van der Waals surface area contributed by atoms with E-state index in [1.165, 1.54) is 0 Å². The molecule has 0 spiro atoms. The lowest BCUT2D eigenvalue weighted by Gasteiger charge is -2.40. The summed E-state index contributed by atoms with van der Waals surface area (Å²) in [5.41, 5.74) is 0. The fourth-order valence-corrected chi connectivity index (χ4v) is 3.66. The third-order valence-electron chi connectivity index (χ3n) is 5.27. The zero-order valence-electron chi connectivity index (χ0n) is 14.9. The third kappa shape index (κ3) is 4.83. The van der Waals surface area contributed by atoms with E-state index in [1.807, 2.05) is 0 Å². The van der Waals surface area contributed by atoms with Crippen LogP contribution < -0.4 is 0 Å². The van der Waals surface area contributed by atoms with Crippen LogP contribution in [0.3, 0.4) is 0 Å². The topological polar surface area (TPSA) is 126 Å². The molecule has 4 N–H and O–H groups in total. The Labute approximate surface area is 147 Å². The van der Waals surface area contributed by atoms with Crippen molar-refractivity contribution in [3.63, 3.8) is 0 Å². The Balaban J connectivity index is 1.96. The molecule has 1 saturated carbocycles. The largest absolute Gasteiger partial charge is 0.510 e. The molecule has 0 radical (unpaired) electrons. The first-order valence-electron chi connectivity index (χ1n) is 8.92. The molecule has 3 unspecified atom stereocenters. The van der Waals surface area contributed by atoms with Crippen LogP contribution in [0.15, 0.2) is 0 Å². The van der Waals surface area contributed by atoms with E-state index in [0.29, 0.717) is 11.8 Å². The molecule has 0 aromatic rings. The minimum Gasteiger partial charge on any atom is -0.431 e. The lowest BCUT2D eigenvalue weighted by atomic mass is 9.75. The van der Waals surface area contributed by atoms with E-state index in [0.717, 1.165) is 19.3 Å². The Bertz CT molecular complexity index is 440. The summed E-state index contributed by atoms with van der Waals surface area (Å²) in [4.78, 5) is 12.1. The summed E-state index contributed by atoms with van der Waals surface area (Å²) >= 11 is 0.